The molecule has 0 aliphatic rings. The highest BCUT2D eigenvalue weighted by atomic mass is 16.5. The van der Waals surface area contributed by atoms with Gasteiger partial charge in [0, 0.05) is 18.2 Å². The highest BCUT2D eigenvalue weighted by Crippen LogP contribution is 2.31. The molecule has 5 nitrogen and oxygen atoms in total. The second-order valence-corrected chi connectivity index (χ2v) is 6.58. The largest absolute Gasteiger partial charge is 0.491 e. The molecular weight excluding hydrogens is 328 g/mol. The molecule has 142 valence electrons. The molecule has 5 heteroatoms. The number of aromatic nitrogens is 1. The number of carbonyl (C=O) groups excluding carboxylic acids is 1. The van der Waals surface area contributed by atoms with Gasteiger partial charge in [-0.25, -0.2) is 0 Å². The third-order valence-corrected chi connectivity index (χ3v) is 4.41. The molecule has 1 aromatic carbocycles. The van der Waals surface area contributed by atoms with Crippen molar-refractivity contribution in [1.29, 1.82) is 0 Å². The van der Waals surface area contributed by atoms with Gasteiger partial charge in [-0.3, -0.25) is 9.78 Å². The van der Waals surface area contributed by atoms with Crippen molar-refractivity contribution in [2.75, 3.05) is 18.5 Å². The minimum atomic E-state index is -0.839. The fraction of sp³-hybridized carbons (Fsp3) is 0.524. The van der Waals surface area contributed by atoms with Crippen LogP contribution in [0.3, 0.4) is 0 Å². The van der Waals surface area contributed by atoms with E-state index in [1.165, 1.54) is 0 Å². The van der Waals surface area contributed by atoms with Crippen molar-refractivity contribution in [2.45, 2.75) is 59.0 Å². The number of unbranched alkanes of at least 4 members (excludes halogenated alkanes) is 1. The number of amides is 1. The van der Waals surface area contributed by atoms with Crippen LogP contribution in [0.15, 0.2) is 30.5 Å². The number of benzene rings is 1. The van der Waals surface area contributed by atoms with E-state index in [4.69, 9.17) is 9.47 Å². The third kappa shape index (κ3) is 4.73. The Bertz CT molecular complexity index is 724. The van der Waals surface area contributed by atoms with E-state index >= 15 is 0 Å². The first kappa shape index (κ1) is 20.2. The zero-order valence-electron chi connectivity index (χ0n) is 16.3. The summed E-state index contributed by atoms with van der Waals surface area (Å²) >= 11 is 0. The van der Waals surface area contributed by atoms with Crippen LogP contribution in [0.4, 0.5) is 5.69 Å². The van der Waals surface area contributed by atoms with Crippen LogP contribution >= 0.6 is 0 Å². The smallest absolute Gasteiger partial charge is 0.256 e. The fourth-order valence-corrected chi connectivity index (χ4v) is 3.00. The van der Waals surface area contributed by atoms with Gasteiger partial charge in [-0.2, -0.15) is 0 Å². The third-order valence-electron chi connectivity index (χ3n) is 4.41. The van der Waals surface area contributed by atoms with E-state index in [9.17, 15) is 4.79 Å². The zero-order valence-corrected chi connectivity index (χ0v) is 16.3. The van der Waals surface area contributed by atoms with Gasteiger partial charge in [-0.1, -0.05) is 26.7 Å². The first-order valence-corrected chi connectivity index (χ1v) is 9.51. The Morgan fingerprint density at radius 2 is 2.00 bits per heavy atom. The highest BCUT2D eigenvalue weighted by Gasteiger charge is 2.33. The molecule has 0 spiro atoms. The quantitative estimate of drug-likeness (QED) is 0.611. The van der Waals surface area contributed by atoms with Crippen LogP contribution in [0.2, 0.25) is 0 Å². The van der Waals surface area contributed by atoms with Crippen LogP contribution in [0.25, 0.3) is 10.9 Å². The van der Waals surface area contributed by atoms with E-state index in [1.807, 2.05) is 45.0 Å². The zero-order chi connectivity index (χ0) is 19.0. The Labute approximate surface area is 156 Å². The topological polar surface area (TPSA) is 60.5 Å². The Morgan fingerprint density at radius 3 is 2.69 bits per heavy atom. The summed E-state index contributed by atoms with van der Waals surface area (Å²) in [5, 5.41) is 3.90. The highest BCUT2D eigenvalue weighted by molar-refractivity contribution is 6.05. The molecule has 26 heavy (non-hydrogen) atoms. The molecule has 0 radical (unpaired) electrons. The number of anilines is 1. The van der Waals surface area contributed by atoms with Gasteiger partial charge in [-0.05, 0) is 51.0 Å². The van der Waals surface area contributed by atoms with Gasteiger partial charge in [0.25, 0.3) is 5.91 Å². The Morgan fingerprint density at radius 1 is 1.19 bits per heavy atom. The van der Waals surface area contributed by atoms with E-state index in [-0.39, 0.29) is 5.91 Å². The molecular formula is C21H30N2O3. The van der Waals surface area contributed by atoms with Gasteiger partial charge in [0.1, 0.15) is 16.9 Å². The van der Waals surface area contributed by atoms with E-state index in [2.05, 4.69) is 17.2 Å². The predicted molar refractivity (Wildman–Crippen MR) is 106 cm³/mol. The number of ether oxygens (including phenoxy) is 2. The number of rotatable bonds is 10. The molecule has 1 aromatic heterocycles. The van der Waals surface area contributed by atoms with Crippen molar-refractivity contribution >= 4 is 22.5 Å². The molecule has 0 aliphatic heterocycles. The Hall–Kier alpha value is -2.14. The fourth-order valence-electron chi connectivity index (χ4n) is 3.00. The van der Waals surface area contributed by atoms with Crippen LogP contribution < -0.4 is 10.1 Å². The summed E-state index contributed by atoms with van der Waals surface area (Å²) in [6.45, 7) is 9.08. The Balaban J connectivity index is 2.30. The number of hydrogen-bond acceptors (Lipinski definition) is 4. The first-order chi connectivity index (χ1) is 12.6. The SMILES string of the molecule is CCCCOc1ccc(NC(=O)[C@](C)(CCC)OCC)c2cccnc12. The monoisotopic (exact) mass is 358 g/mol. The molecule has 0 saturated carbocycles. The number of nitrogens with zero attached hydrogens (tertiary/aromatic N) is 1. The van der Waals surface area contributed by atoms with Crippen molar-refractivity contribution < 1.29 is 14.3 Å². The number of nitrogens with one attached hydrogen (secondary N) is 1. The maximum atomic E-state index is 12.9. The summed E-state index contributed by atoms with van der Waals surface area (Å²) in [5.41, 5.74) is 0.645. The molecule has 0 bridgehead atoms. The standard InChI is InChI=1S/C21H30N2O3/c1-5-8-15-25-18-12-11-17(16-10-9-14-22-19(16)18)23-20(24)21(4,13-6-2)26-7-3/h9-12,14H,5-8,13,15H2,1-4H3,(H,23,24)/t21-/m0/s1. The Kier molecular flexibility index (Phi) is 7.39. The lowest BCUT2D eigenvalue weighted by molar-refractivity contribution is -0.139. The summed E-state index contributed by atoms with van der Waals surface area (Å²) in [6.07, 6.45) is 5.35. The minimum absolute atomic E-state index is 0.133. The summed E-state index contributed by atoms with van der Waals surface area (Å²) in [7, 11) is 0. The van der Waals surface area contributed by atoms with Gasteiger partial charge in [0.2, 0.25) is 0 Å². The molecule has 0 fully saturated rings. The van der Waals surface area contributed by atoms with Crippen LogP contribution in [-0.4, -0.2) is 29.7 Å². The van der Waals surface area contributed by atoms with Gasteiger partial charge in [0.15, 0.2) is 0 Å². The number of hydrogen-bond donors (Lipinski definition) is 1. The summed E-state index contributed by atoms with van der Waals surface area (Å²) < 4.78 is 11.6. The molecule has 0 aliphatic carbocycles. The average Bonchev–Trinajstić information content (AvgIpc) is 2.64. The van der Waals surface area contributed by atoms with Gasteiger partial charge in [0.05, 0.1) is 12.3 Å². The second-order valence-electron chi connectivity index (χ2n) is 6.58. The van der Waals surface area contributed by atoms with Crippen LogP contribution in [-0.2, 0) is 9.53 Å². The van der Waals surface area contributed by atoms with Gasteiger partial charge in [-0.15, -0.1) is 0 Å². The molecule has 1 atom stereocenters. The number of carbonyl (C=O) groups is 1. The molecule has 2 aromatic rings. The number of pyridine rings is 1. The summed E-state index contributed by atoms with van der Waals surface area (Å²) in [5.74, 6) is 0.610. The van der Waals surface area contributed by atoms with Crippen LogP contribution in [0, 0.1) is 0 Å². The predicted octanol–water partition coefficient (Wildman–Crippen LogP) is 4.95. The molecule has 0 unspecified atom stereocenters. The van der Waals surface area contributed by atoms with E-state index in [0.717, 1.165) is 41.6 Å². The van der Waals surface area contributed by atoms with Crippen molar-refractivity contribution in [3.63, 3.8) is 0 Å². The number of fused-ring (bicyclic) bond motifs is 1. The molecule has 2 rings (SSSR count). The average molecular weight is 358 g/mol. The molecule has 0 saturated heterocycles. The van der Waals surface area contributed by atoms with Crippen molar-refractivity contribution in [2.24, 2.45) is 0 Å². The van der Waals surface area contributed by atoms with Gasteiger partial charge >= 0.3 is 0 Å². The molecule has 1 heterocycles. The lowest BCUT2D eigenvalue weighted by atomic mass is 9.98. The second kappa shape index (κ2) is 9.53. The minimum Gasteiger partial charge on any atom is -0.491 e. The van der Waals surface area contributed by atoms with E-state index in [0.29, 0.717) is 19.6 Å². The van der Waals surface area contributed by atoms with Crippen molar-refractivity contribution in [3.05, 3.63) is 30.5 Å². The van der Waals surface area contributed by atoms with Crippen molar-refractivity contribution in [1.82, 2.24) is 4.98 Å². The maximum Gasteiger partial charge on any atom is 0.256 e. The normalized spacial score (nSPS) is 13.4. The summed E-state index contributed by atoms with van der Waals surface area (Å²) in [6, 6.07) is 7.56. The van der Waals surface area contributed by atoms with E-state index in [1.54, 1.807) is 6.20 Å². The first-order valence-electron chi connectivity index (χ1n) is 9.51. The summed E-state index contributed by atoms with van der Waals surface area (Å²) in [4.78, 5) is 17.3. The van der Waals surface area contributed by atoms with Crippen LogP contribution in [0.1, 0.15) is 53.4 Å². The van der Waals surface area contributed by atoms with Crippen molar-refractivity contribution in [3.8, 4) is 5.75 Å². The molecule has 1 amide bonds. The van der Waals surface area contributed by atoms with E-state index < -0.39 is 5.60 Å². The molecule has 1 N–H and O–H groups in total. The maximum absolute atomic E-state index is 12.9. The lowest BCUT2D eigenvalue weighted by Crippen LogP contribution is -2.42. The van der Waals surface area contributed by atoms with Gasteiger partial charge < -0.3 is 14.8 Å². The van der Waals surface area contributed by atoms with Crippen LogP contribution in [0.5, 0.6) is 5.75 Å². The lowest BCUT2D eigenvalue weighted by Gasteiger charge is -2.28.